The molecule has 2 heteroatoms. The minimum Gasteiger partial charge on any atom is -0.456 e. The average molecular weight is 712 g/mol. The lowest BCUT2D eigenvalue weighted by molar-refractivity contribution is -0.0399. The fourth-order valence-electron chi connectivity index (χ4n) is 15.2. The number of benzene rings is 6. The Morgan fingerprint density at radius 1 is 0.491 bits per heavy atom. The molecule has 0 aliphatic heterocycles. The topological polar surface area (TPSA) is 16.4 Å². The van der Waals surface area contributed by atoms with Crippen LogP contribution in [0.5, 0.6) is 0 Å². The summed E-state index contributed by atoms with van der Waals surface area (Å²) in [5.74, 6) is 4.85. The van der Waals surface area contributed by atoms with Crippen molar-refractivity contribution in [2.24, 2.45) is 35.5 Å². The average Bonchev–Trinajstić information content (AvgIpc) is 4.04. The standard InChI is InChI=1S/C53H45NO/c1-4-12-42-38(9-1)39-22-21-37(29-45(39)52(42)30-31-19-20-34(52)24-31)54(47-16-8-18-49-51(47)41-11-3-6-17-48(41)55-49)46-15-7-14-44-50(46)40-10-2-5-13-43(40)53(44)35-25-32-23-33(27-35)28-36(53)26-32/h1-18,21-22,29,31-36H,19-20,23-28,30H2/t31?,32-,33?,34?,35-,36+,52?,53+. The first-order valence-corrected chi connectivity index (χ1v) is 21.4. The van der Waals surface area contributed by atoms with Crippen LogP contribution >= 0.6 is 0 Å². The number of hydrogen-bond donors (Lipinski definition) is 0. The molecule has 6 bridgehead atoms. The summed E-state index contributed by atoms with van der Waals surface area (Å²) in [6.07, 6.45) is 12.4. The summed E-state index contributed by atoms with van der Waals surface area (Å²) in [7, 11) is 0. The normalized spacial score (nSPS) is 31.1. The van der Waals surface area contributed by atoms with Crippen LogP contribution in [0.3, 0.4) is 0 Å². The van der Waals surface area contributed by atoms with Crippen LogP contribution in [0.2, 0.25) is 0 Å². The molecule has 8 aliphatic rings. The van der Waals surface area contributed by atoms with Crippen LogP contribution in [0.1, 0.15) is 80.0 Å². The number of anilines is 3. The quantitative estimate of drug-likeness (QED) is 0.181. The highest BCUT2D eigenvalue weighted by Crippen LogP contribution is 2.71. The lowest BCUT2D eigenvalue weighted by Crippen LogP contribution is -2.55. The lowest BCUT2D eigenvalue weighted by Gasteiger charge is -2.61. The van der Waals surface area contributed by atoms with Crippen LogP contribution in [-0.4, -0.2) is 0 Å². The number of hydrogen-bond acceptors (Lipinski definition) is 2. The zero-order valence-electron chi connectivity index (χ0n) is 31.3. The molecule has 0 saturated heterocycles. The van der Waals surface area contributed by atoms with Crippen LogP contribution in [0.4, 0.5) is 17.1 Å². The van der Waals surface area contributed by atoms with Crippen molar-refractivity contribution in [3.05, 3.63) is 150 Å². The molecule has 15 rings (SSSR count). The van der Waals surface area contributed by atoms with E-state index in [0.717, 1.165) is 46.7 Å². The van der Waals surface area contributed by atoms with E-state index >= 15 is 0 Å². The van der Waals surface area contributed by atoms with Crippen LogP contribution in [0.15, 0.2) is 132 Å². The van der Waals surface area contributed by atoms with E-state index < -0.39 is 0 Å². The smallest absolute Gasteiger partial charge is 0.137 e. The Hall–Kier alpha value is -5.08. The van der Waals surface area contributed by atoms with Gasteiger partial charge in [0.1, 0.15) is 11.2 Å². The highest BCUT2D eigenvalue weighted by atomic mass is 16.3. The van der Waals surface area contributed by atoms with Gasteiger partial charge in [-0.05, 0) is 162 Å². The summed E-state index contributed by atoms with van der Waals surface area (Å²) < 4.78 is 6.62. The van der Waals surface area contributed by atoms with E-state index in [1.54, 1.807) is 22.3 Å². The Balaban J connectivity index is 1.06. The minimum absolute atomic E-state index is 0.112. The maximum Gasteiger partial charge on any atom is 0.137 e. The first-order chi connectivity index (χ1) is 27.2. The van der Waals surface area contributed by atoms with Gasteiger partial charge in [0.2, 0.25) is 0 Å². The number of nitrogens with zero attached hydrogens (tertiary/aromatic N) is 1. The van der Waals surface area contributed by atoms with Crippen LogP contribution in [0, 0.1) is 35.5 Å². The van der Waals surface area contributed by atoms with Gasteiger partial charge in [-0.3, -0.25) is 0 Å². The van der Waals surface area contributed by atoms with Gasteiger partial charge in [-0.2, -0.15) is 0 Å². The zero-order chi connectivity index (χ0) is 35.6. The fraction of sp³-hybridized carbons (Fsp3) is 0.321. The molecule has 268 valence electrons. The summed E-state index contributed by atoms with van der Waals surface area (Å²) in [6, 6.07) is 49.4. The van der Waals surface area contributed by atoms with Crippen molar-refractivity contribution in [1.82, 2.24) is 0 Å². The van der Waals surface area contributed by atoms with E-state index in [4.69, 9.17) is 4.42 Å². The fourth-order valence-corrected chi connectivity index (χ4v) is 15.2. The van der Waals surface area contributed by atoms with Gasteiger partial charge in [-0.25, -0.2) is 0 Å². The molecule has 55 heavy (non-hydrogen) atoms. The maximum atomic E-state index is 6.62. The second kappa shape index (κ2) is 10.4. The Bertz CT molecular complexity index is 2760. The van der Waals surface area contributed by atoms with Crippen molar-refractivity contribution in [3.8, 4) is 22.3 Å². The molecule has 0 radical (unpaired) electrons. The molecule has 3 unspecified atom stereocenters. The summed E-state index contributed by atoms with van der Waals surface area (Å²) in [5.41, 5.74) is 18.1. The summed E-state index contributed by atoms with van der Waals surface area (Å²) >= 11 is 0. The molecular weight excluding hydrogens is 667 g/mol. The van der Waals surface area contributed by atoms with E-state index in [0.29, 0.717) is 0 Å². The molecule has 6 fully saturated rings. The van der Waals surface area contributed by atoms with Gasteiger partial charge >= 0.3 is 0 Å². The van der Waals surface area contributed by atoms with Crippen molar-refractivity contribution < 1.29 is 4.42 Å². The first kappa shape index (κ1) is 30.2. The summed E-state index contributed by atoms with van der Waals surface area (Å²) in [4.78, 5) is 2.67. The van der Waals surface area contributed by atoms with Crippen molar-refractivity contribution in [1.29, 1.82) is 0 Å². The molecule has 7 aromatic rings. The van der Waals surface area contributed by atoms with Gasteiger partial charge in [-0.15, -0.1) is 0 Å². The first-order valence-electron chi connectivity index (χ1n) is 21.4. The second-order valence-electron chi connectivity index (χ2n) is 18.8. The molecule has 6 aromatic carbocycles. The zero-order valence-corrected chi connectivity index (χ0v) is 31.3. The molecule has 1 aromatic heterocycles. The molecule has 0 amide bonds. The largest absolute Gasteiger partial charge is 0.456 e. The monoisotopic (exact) mass is 711 g/mol. The highest BCUT2D eigenvalue weighted by molar-refractivity contribution is 6.14. The molecular formula is C53H45NO. The van der Waals surface area contributed by atoms with E-state index in [1.165, 1.54) is 108 Å². The molecule has 0 N–H and O–H groups in total. The number of para-hydroxylation sites is 1. The van der Waals surface area contributed by atoms with Gasteiger partial charge < -0.3 is 9.32 Å². The third kappa shape index (κ3) is 3.60. The molecule has 6 saturated carbocycles. The Morgan fingerprint density at radius 3 is 1.98 bits per heavy atom. The summed E-state index contributed by atoms with van der Waals surface area (Å²) in [6.45, 7) is 0. The van der Waals surface area contributed by atoms with Crippen molar-refractivity contribution in [2.75, 3.05) is 4.90 Å². The van der Waals surface area contributed by atoms with Crippen LogP contribution in [-0.2, 0) is 10.8 Å². The molecule has 2 nitrogen and oxygen atoms in total. The van der Waals surface area contributed by atoms with E-state index in [1.807, 2.05) is 0 Å². The van der Waals surface area contributed by atoms with Crippen LogP contribution < -0.4 is 4.90 Å². The van der Waals surface area contributed by atoms with E-state index in [-0.39, 0.29) is 10.8 Å². The van der Waals surface area contributed by atoms with Crippen molar-refractivity contribution in [2.45, 2.75) is 68.6 Å². The SMILES string of the molecule is c1ccc2c(c1)-c1ccc(N(c3cccc4c3-c3ccccc3[C@]43[C@@H]4CC5C[C@@H](C4)C[C@@H]3C5)c3cccc4oc5ccccc5c34)cc1C21CC2CCC1C2. The highest BCUT2D eigenvalue weighted by Gasteiger charge is 2.62. The summed E-state index contributed by atoms with van der Waals surface area (Å²) in [5, 5.41) is 2.38. The molecule has 1 heterocycles. The maximum absolute atomic E-state index is 6.62. The van der Waals surface area contributed by atoms with Gasteiger partial charge in [0, 0.05) is 27.5 Å². The minimum atomic E-state index is 0.112. The lowest BCUT2D eigenvalue weighted by atomic mass is 9.43. The molecule has 3 atom stereocenters. The van der Waals surface area contributed by atoms with Gasteiger partial charge in [0.05, 0.1) is 16.8 Å². The van der Waals surface area contributed by atoms with E-state index in [2.05, 4.69) is 132 Å². The second-order valence-corrected chi connectivity index (χ2v) is 18.8. The third-order valence-electron chi connectivity index (χ3n) is 16.7. The van der Waals surface area contributed by atoms with Gasteiger partial charge in [0.15, 0.2) is 0 Å². The number of furan rings is 1. The molecule has 8 aliphatic carbocycles. The Labute approximate surface area is 323 Å². The van der Waals surface area contributed by atoms with Gasteiger partial charge in [-0.1, -0.05) is 97.4 Å². The van der Waals surface area contributed by atoms with Gasteiger partial charge in [0.25, 0.3) is 0 Å². The predicted octanol–water partition coefficient (Wildman–Crippen LogP) is 13.9. The molecule has 2 spiro atoms. The Kier molecular flexibility index (Phi) is 5.71. The van der Waals surface area contributed by atoms with Crippen molar-refractivity contribution in [3.63, 3.8) is 0 Å². The van der Waals surface area contributed by atoms with Crippen LogP contribution in [0.25, 0.3) is 44.2 Å². The van der Waals surface area contributed by atoms with Crippen molar-refractivity contribution >= 4 is 39.0 Å². The Morgan fingerprint density at radius 2 is 1.16 bits per heavy atom. The number of rotatable bonds is 3. The third-order valence-corrected chi connectivity index (χ3v) is 16.7. The van der Waals surface area contributed by atoms with E-state index in [9.17, 15) is 0 Å². The number of fused-ring (bicyclic) bond motifs is 14. The predicted molar refractivity (Wildman–Crippen MR) is 223 cm³/mol.